The van der Waals surface area contributed by atoms with E-state index in [0.29, 0.717) is 21.9 Å². The van der Waals surface area contributed by atoms with Crippen molar-refractivity contribution in [2.45, 2.75) is 27.3 Å². The zero-order chi connectivity index (χ0) is 20.5. The molecule has 0 N–H and O–H groups in total. The van der Waals surface area contributed by atoms with Gasteiger partial charge in [-0.15, -0.1) is 0 Å². The summed E-state index contributed by atoms with van der Waals surface area (Å²) in [5, 5.41) is 0. The quantitative estimate of drug-likeness (QED) is 0.614. The van der Waals surface area contributed by atoms with Gasteiger partial charge in [0.1, 0.15) is 6.54 Å². The number of rotatable bonds is 4. The van der Waals surface area contributed by atoms with Gasteiger partial charge in [-0.3, -0.25) is 9.59 Å². The van der Waals surface area contributed by atoms with E-state index in [2.05, 4.69) is 4.99 Å². The monoisotopic (exact) mass is 412 g/mol. The molecular formula is C21H20N2O5S. The Kier molecular flexibility index (Phi) is 5.10. The summed E-state index contributed by atoms with van der Waals surface area (Å²) in [6.07, 6.45) is 0. The van der Waals surface area contributed by atoms with Crippen LogP contribution < -0.4 is 14.3 Å². The Morgan fingerprint density at radius 1 is 1.17 bits per heavy atom. The summed E-state index contributed by atoms with van der Waals surface area (Å²) in [6, 6.07) is 9.31. The van der Waals surface area contributed by atoms with E-state index in [1.165, 1.54) is 11.3 Å². The van der Waals surface area contributed by atoms with E-state index in [0.717, 1.165) is 21.3 Å². The molecule has 150 valence electrons. The number of fused-ring (bicyclic) bond motifs is 2. The molecule has 0 radical (unpaired) electrons. The molecule has 29 heavy (non-hydrogen) atoms. The van der Waals surface area contributed by atoms with E-state index in [4.69, 9.17) is 14.2 Å². The van der Waals surface area contributed by atoms with Gasteiger partial charge in [0, 0.05) is 17.7 Å². The number of hydrogen-bond acceptors (Lipinski definition) is 6. The Balaban J connectivity index is 1.86. The van der Waals surface area contributed by atoms with Crippen LogP contribution in [0, 0.1) is 13.8 Å². The van der Waals surface area contributed by atoms with E-state index in [1.807, 2.05) is 38.1 Å². The van der Waals surface area contributed by atoms with Gasteiger partial charge in [0.2, 0.25) is 6.79 Å². The lowest BCUT2D eigenvalue weighted by Gasteiger charge is -2.06. The largest absolute Gasteiger partial charge is 0.465 e. The Labute approximate surface area is 171 Å². The minimum atomic E-state index is -0.398. The average molecular weight is 412 g/mol. The third-order valence-electron chi connectivity index (χ3n) is 4.59. The van der Waals surface area contributed by atoms with E-state index in [1.54, 1.807) is 17.6 Å². The second-order valence-electron chi connectivity index (χ2n) is 6.68. The van der Waals surface area contributed by atoms with E-state index in [-0.39, 0.29) is 25.9 Å². The first-order valence-electron chi connectivity index (χ1n) is 9.21. The molecule has 0 saturated heterocycles. The van der Waals surface area contributed by atoms with Crippen molar-refractivity contribution >= 4 is 33.4 Å². The molecule has 2 heterocycles. The fraction of sp³-hybridized carbons (Fsp3) is 0.286. The van der Waals surface area contributed by atoms with Crippen molar-refractivity contribution in [3.63, 3.8) is 0 Å². The first-order chi connectivity index (χ1) is 14.0. The highest BCUT2D eigenvalue weighted by Gasteiger charge is 2.19. The Hall–Kier alpha value is -3.13. The third kappa shape index (κ3) is 3.75. The fourth-order valence-electron chi connectivity index (χ4n) is 3.15. The van der Waals surface area contributed by atoms with Crippen molar-refractivity contribution < 1.29 is 23.8 Å². The molecule has 0 atom stereocenters. The summed E-state index contributed by atoms with van der Waals surface area (Å²) in [7, 11) is 0. The van der Waals surface area contributed by atoms with E-state index >= 15 is 0 Å². The average Bonchev–Trinajstić information content (AvgIpc) is 3.26. The van der Waals surface area contributed by atoms with E-state index in [9.17, 15) is 9.59 Å². The van der Waals surface area contributed by atoms with Crippen LogP contribution in [0.15, 0.2) is 35.3 Å². The van der Waals surface area contributed by atoms with Crippen molar-refractivity contribution in [1.29, 1.82) is 0 Å². The van der Waals surface area contributed by atoms with Gasteiger partial charge in [-0.25, -0.2) is 0 Å². The van der Waals surface area contributed by atoms with Crippen molar-refractivity contribution in [3.05, 3.63) is 51.8 Å². The zero-order valence-electron chi connectivity index (χ0n) is 16.4. The molecule has 3 aromatic rings. The number of benzene rings is 2. The highest BCUT2D eigenvalue weighted by molar-refractivity contribution is 7.16. The third-order valence-corrected chi connectivity index (χ3v) is 5.63. The maximum atomic E-state index is 12.9. The topological polar surface area (TPSA) is 79.1 Å². The smallest absolute Gasteiger partial charge is 0.326 e. The highest BCUT2D eigenvalue weighted by Crippen LogP contribution is 2.37. The van der Waals surface area contributed by atoms with Gasteiger partial charge < -0.3 is 18.8 Å². The molecule has 0 saturated carbocycles. The predicted molar refractivity (Wildman–Crippen MR) is 108 cm³/mol. The Morgan fingerprint density at radius 2 is 1.93 bits per heavy atom. The molecule has 2 aromatic carbocycles. The molecule has 0 bridgehead atoms. The molecule has 0 spiro atoms. The fourth-order valence-corrected chi connectivity index (χ4v) is 4.18. The number of amides is 1. The summed E-state index contributed by atoms with van der Waals surface area (Å²) in [4.78, 5) is 29.8. The van der Waals surface area contributed by atoms with Crippen LogP contribution in [0.4, 0.5) is 0 Å². The number of aryl methyl sites for hydroxylation is 2. The second kappa shape index (κ2) is 7.71. The summed E-state index contributed by atoms with van der Waals surface area (Å²) < 4.78 is 18.5. The first kappa shape index (κ1) is 19.2. The normalized spacial score (nSPS) is 13.1. The van der Waals surface area contributed by atoms with Crippen LogP contribution in [0.5, 0.6) is 11.5 Å². The lowest BCUT2D eigenvalue weighted by Crippen LogP contribution is -2.23. The van der Waals surface area contributed by atoms with Crippen LogP contribution in [0.1, 0.15) is 28.4 Å². The molecule has 4 rings (SSSR count). The summed E-state index contributed by atoms with van der Waals surface area (Å²) >= 11 is 1.32. The number of hydrogen-bond donors (Lipinski definition) is 0. The summed E-state index contributed by atoms with van der Waals surface area (Å²) in [6.45, 7) is 5.94. The molecule has 1 aromatic heterocycles. The SMILES string of the molecule is CCOC(=O)Cn1c(=NC(=O)c2cc(C)ccc2C)sc2cc3c(cc21)OCO3. The van der Waals surface area contributed by atoms with Gasteiger partial charge in [0.15, 0.2) is 16.3 Å². The number of esters is 1. The standard InChI is InChI=1S/C21H20N2O5S/c1-4-26-19(24)10-23-15-8-16-17(28-11-27-16)9-18(15)29-21(23)22-20(25)14-7-12(2)5-6-13(14)3/h5-9H,4,10-11H2,1-3H3. The molecule has 0 unspecified atom stereocenters. The molecule has 0 fully saturated rings. The maximum absolute atomic E-state index is 12.9. The Bertz CT molecular complexity index is 1190. The van der Waals surface area contributed by atoms with Gasteiger partial charge in [-0.05, 0) is 32.4 Å². The second-order valence-corrected chi connectivity index (χ2v) is 7.69. The highest BCUT2D eigenvalue weighted by atomic mass is 32.1. The molecule has 0 aliphatic carbocycles. The van der Waals surface area contributed by atoms with Crippen molar-refractivity contribution in [1.82, 2.24) is 4.57 Å². The molecule has 1 aliphatic heterocycles. The van der Waals surface area contributed by atoms with Gasteiger partial charge in [0.25, 0.3) is 5.91 Å². The number of nitrogens with zero attached hydrogens (tertiary/aromatic N) is 2. The summed E-state index contributed by atoms with van der Waals surface area (Å²) in [5.74, 6) is 0.482. The van der Waals surface area contributed by atoms with Crippen LogP contribution in [-0.2, 0) is 16.1 Å². The number of aromatic nitrogens is 1. The minimum absolute atomic E-state index is 0.0492. The van der Waals surface area contributed by atoms with Gasteiger partial charge in [0.05, 0.1) is 16.8 Å². The molecule has 1 amide bonds. The molecular weight excluding hydrogens is 392 g/mol. The van der Waals surface area contributed by atoms with Crippen LogP contribution in [0.2, 0.25) is 0 Å². The van der Waals surface area contributed by atoms with Gasteiger partial charge in [-0.1, -0.05) is 29.0 Å². The van der Waals surface area contributed by atoms with Gasteiger partial charge >= 0.3 is 5.97 Å². The van der Waals surface area contributed by atoms with Crippen molar-refractivity contribution in [3.8, 4) is 11.5 Å². The molecule has 8 heteroatoms. The number of carbonyl (C=O) groups excluding carboxylic acids is 2. The number of ether oxygens (including phenoxy) is 3. The van der Waals surface area contributed by atoms with Crippen LogP contribution in [-0.4, -0.2) is 29.8 Å². The Morgan fingerprint density at radius 3 is 2.69 bits per heavy atom. The lowest BCUT2D eigenvalue weighted by atomic mass is 10.1. The summed E-state index contributed by atoms with van der Waals surface area (Å²) in [5.41, 5.74) is 3.11. The lowest BCUT2D eigenvalue weighted by molar-refractivity contribution is -0.143. The number of carbonyl (C=O) groups is 2. The van der Waals surface area contributed by atoms with Crippen LogP contribution in [0.3, 0.4) is 0 Å². The van der Waals surface area contributed by atoms with Crippen LogP contribution >= 0.6 is 11.3 Å². The van der Waals surface area contributed by atoms with Gasteiger partial charge in [-0.2, -0.15) is 4.99 Å². The van der Waals surface area contributed by atoms with Crippen LogP contribution in [0.25, 0.3) is 10.2 Å². The predicted octanol–water partition coefficient (Wildman–Crippen LogP) is 3.35. The van der Waals surface area contributed by atoms with Crippen molar-refractivity contribution in [2.75, 3.05) is 13.4 Å². The first-order valence-corrected chi connectivity index (χ1v) is 10.0. The molecule has 7 nitrogen and oxygen atoms in total. The van der Waals surface area contributed by atoms with E-state index < -0.39 is 5.97 Å². The number of thiazole rings is 1. The van der Waals surface area contributed by atoms with Crippen molar-refractivity contribution in [2.24, 2.45) is 4.99 Å². The molecule has 1 aliphatic rings. The minimum Gasteiger partial charge on any atom is -0.465 e. The zero-order valence-corrected chi connectivity index (χ0v) is 17.2. The maximum Gasteiger partial charge on any atom is 0.326 e.